The van der Waals surface area contributed by atoms with Gasteiger partial charge >= 0.3 is 51.4 Å². The Morgan fingerprint density at radius 2 is 0.643 bits per heavy atom. The Kier molecular flexibility index (Phi) is 16.6. The molecule has 0 amide bonds. The fraction of sp³-hybridized carbons (Fsp3) is 1.00. The molecule has 0 radical (unpaired) electrons. The van der Waals surface area contributed by atoms with Crippen LogP contribution in [-0.2, 0) is 28.4 Å². The normalized spacial score (nSPS) is 34.3. The molecule has 28 heavy (non-hydrogen) atoms. The molecule has 3 fully saturated rings. The van der Waals surface area contributed by atoms with E-state index in [4.69, 9.17) is 28.4 Å². The molecule has 2 saturated carbocycles. The first-order chi connectivity index (χ1) is 12.9. The summed E-state index contributed by atoms with van der Waals surface area (Å²) in [6, 6.07) is 0. The van der Waals surface area contributed by atoms with E-state index in [0.717, 1.165) is 25.7 Å². The maximum atomic E-state index is 6.03. The fourth-order valence-electron chi connectivity index (χ4n) is 4.13. The van der Waals surface area contributed by atoms with Crippen molar-refractivity contribution in [1.29, 1.82) is 0 Å². The van der Waals surface area contributed by atoms with Gasteiger partial charge in [-0.1, -0.05) is 25.7 Å². The molecule has 6 nitrogen and oxygen atoms in total. The zero-order valence-electron chi connectivity index (χ0n) is 17.5. The van der Waals surface area contributed by atoms with Gasteiger partial charge in [-0.15, -0.1) is 0 Å². The molecule has 3 aliphatic rings. The Bertz CT molecular complexity index is 313. The molecule has 0 spiro atoms. The number of fused-ring (bicyclic) bond motifs is 2. The molecular weight excluding hydrogens is 394 g/mol. The molecular formula is C20H36FKO6. The maximum Gasteiger partial charge on any atom is 1.00 e. The van der Waals surface area contributed by atoms with Gasteiger partial charge in [0.05, 0.1) is 77.3 Å². The summed E-state index contributed by atoms with van der Waals surface area (Å²) in [6.45, 7) is 4.93. The van der Waals surface area contributed by atoms with E-state index >= 15 is 0 Å². The van der Waals surface area contributed by atoms with Crippen molar-refractivity contribution >= 4 is 0 Å². The van der Waals surface area contributed by atoms with Crippen LogP contribution in [0.4, 0.5) is 0 Å². The van der Waals surface area contributed by atoms with Crippen LogP contribution in [0.3, 0.4) is 0 Å². The molecule has 0 aromatic carbocycles. The second-order valence-electron chi connectivity index (χ2n) is 7.43. The summed E-state index contributed by atoms with van der Waals surface area (Å²) in [5.41, 5.74) is 0. The zero-order chi connectivity index (χ0) is 17.9. The predicted octanol–water partition coefficient (Wildman–Crippen LogP) is -3.27. The second kappa shape index (κ2) is 16.9. The maximum absolute atomic E-state index is 6.03. The van der Waals surface area contributed by atoms with Gasteiger partial charge in [-0.3, -0.25) is 0 Å². The van der Waals surface area contributed by atoms with Crippen LogP contribution >= 0.6 is 0 Å². The van der Waals surface area contributed by atoms with Gasteiger partial charge in [-0.2, -0.15) is 0 Å². The molecule has 160 valence electrons. The van der Waals surface area contributed by atoms with Gasteiger partial charge in [0.25, 0.3) is 0 Å². The van der Waals surface area contributed by atoms with Crippen molar-refractivity contribution in [3.63, 3.8) is 0 Å². The van der Waals surface area contributed by atoms with Crippen LogP contribution < -0.4 is 56.1 Å². The predicted molar refractivity (Wildman–Crippen MR) is 97.5 cm³/mol. The third-order valence-electron chi connectivity index (χ3n) is 5.52. The van der Waals surface area contributed by atoms with Crippen LogP contribution in [-0.4, -0.2) is 77.3 Å². The Balaban J connectivity index is 0.00000196. The van der Waals surface area contributed by atoms with Gasteiger partial charge < -0.3 is 33.1 Å². The van der Waals surface area contributed by atoms with Crippen molar-refractivity contribution in [3.05, 3.63) is 0 Å². The summed E-state index contributed by atoms with van der Waals surface area (Å²) in [5.74, 6) is 0. The minimum absolute atomic E-state index is 0. The van der Waals surface area contributed by atoms with Crippen molar-refractivity contribution in [3.8, 4) is 0 Å². The Labute approximate surface area is 211 Å². The third kappa shape index (κ3) is 10.1. The van der Waals surface area contributed by atoms with Gasteiger partial charge in [0, 0.05) is 0 Å². The number of hydrogen-bond donors (Lipinski definition) is 0. The Morgan fingerprint density at radius 3 is 0.893 bits per heavy atom. The summed E-state index contributed by atoms with van der Waals surface area (Å²) in [5, 5.41) is 0. The summed E-state index contributed by atoms with van der Waals surface area (Å²) in [7, 11) is 0. The number of hydrogen-bond acceptors (Lipinski definition) is 6. The molecule has 8 heteroatoms. The van der Waals surface area contributed by atoms with Crippen molar-refractivity contribution in [1.82, 2.24) is 0 Å². The summed E-state index contributed by atoms with van der Waals surface area (Å²) < 4.78 is 35.5. The van der Waals surface area contributed by atoms with E-state index < -0.39 is 0 Å². The van der Waals surface area contributed by atoms with E-state index in [-0.39, 0.29) is 80.5 Å². The van der Waals surface area contributed by atoms with Crippen LogP contribution in [0.1, 0.15) is 51.4 Å². The van der Waals surface area contributed by atoms with Crippen LogP contribution in [0.25, 0.3) is 0 Å². The molecule has 4 atom stereocenters. The molecule has 0 bridgehead atoms. The number of halogens is 1. The molecule has 1 saturated heterocycles. The average molecular weight is 431 g/mol. The molecule has 1 aliphatic heterocycles. The molecule has 3 rings (SSSR count). The molecule has 0 N–H and O–H groups in total. The third-order valence-corrected chi connectivity index (χ3v) is 5.52. The number of ether oxygens (including phenoxy) is 6. The zero-order valence-corrected chi connectivity index (χ0v) is 20.6. The van der Waals surface area contributed by atoms with Crippen molar-refractivity contribution in [2.75, 3.05) is 52.9 Å². The first-order valence-corrected chi connectivity index (χ1v) is 10.6. The topological polar surface area (TPSA) is 55.4 Å². The van der Waals surface area contributed by atoms with E-state index in [9.17, 15) is 0 Å². The molecule has 0 aromatic heterocycles. The Morgan fingerprint density at radius 1 is 0.393 bits per heavy atom. The van der Waals surface area contributed by atoms with E-state index in [2.05, 4.69) is 0 Å². The SMILES string of the molecule is C1CCC2OCCOCCOC3CCCCC3OCCOCCOC2C1.[F-].[K+]. The standard InChI is InChI=1S/C20H36O6.FH.K/c1-2-6-18-17(5-1)23-13-9-21-11-15-25-19-7-3-4-8-20(19)26-16-12-22-10-14-24-18;;/h17-20H,1-16H2;1H;/q;;+1/p-1. The van der Waals surface area contributed by atoms with Gasteiger partial charge in [0.15, 0.2) is 0 Å². The molecule has 1 heterocycles. The van der Waals surface area contributed by atoms with Gasteiger partial charge in [-0.25, -0.2) is 0 Å². The van der Waals surface area contributed by atoms with E-state index in [1.807, 2.05) is 0 Å². The second-order valence-corrected chi connectivity index (χ2v) is 7.43. The minimum Gasteiger partial charge on any atom is -1.00 e. The first-order valence-electron chi connectivity index (χ1n) is 10.6. The summed E-state index contributed by atoms with van der Waals surface area (Å²) in [4.78, 5) is 0. The van der Waals surface area contributed by atoms with E-state index in [1.165, 1.54) is 25.7 Å². The van der Waals surface area contributed by atoms with Crippen molar-refractivity contribution < 1.29 is 84.5 Å². The van der Waals surface area contributed by atoms with Crippen molar-refractivity contribution in [2.24, 2.45) is 0 Å². The Hall–Kier alpha value is 1.33. The van der Waals surface area contributed by atoms with Gasteiger partial charge in [0.1, 0.15) is 0 Å². The van der Waals surface area contributed by atoms with Crippen LogP contribution in [0.5, 0.6) is 0 Å². The molecule has 0 aromatic rings. The quantitative estimate of drug-likeness (QED) is 0.376. The van der Waals surface area contributed by atoms with Crippen molar-refractivity contribution in [2.45, 2.75) is 75.8 Å². The summed E-state index contributed by atoms with van der Waals surface area (Å²) in [6.07, 6.45) is 9.93. The monoisotopic (exact) mass is 430 g/mol. The fourth-order valence-corrected chi connectivity index (χ4v) is 4.13. The van der Waals surface area contributed by atoms with E-state index in [0.29, 0.717) is 52.9 Å². The van der Waals surface area contributed by atoms with Crippen LogP contribution in [0.15, 0.2) is 0 Å². The number of rotatable bonds is 0. The summed E-state index contributed by atoms with van der Waals surface area (Å²) >= 11 is 0. The van der Waals surface area contributed by atoms with Crippen LogP contribution in [0, 0.1) is 0 Å². The average Bonchev–Trinajstić information content (AvgIpc) is 2.68. The van der Waals surface area contributed by atoms with Crippen LogP contribution in [0.2, 0.25) is 0 Å². The smallest absolute Gasteiger partial charge is 1.00 e. The molecule has 2 aliphatic carbocycles. The van der Waals surface area contributed by atoms with E-state index in [1.54, 1.807) is 0 Å². The minimum atomic E-state index is 0. The van der Waals surface area contributed by atoms with Gasteiger partial charge in [0.2, 0.25) is 0 Å². The molecule has 4 unspecified atom stereocenters. The largest absolute Gasteiger partial charge is 1.00 e. The van der Waals surface area contributed by atoms with Gasteiger partial charge in [-0.05, 0) is 25.7 Å². The first kappa shape index (κ1) is 27.4.